The van der Waals surface area contributed by atoms with Gasteiger partial charge in [-0.2, -0.15) is 0 Å². The van der Waals surface area contributed by atoms with Gasteiger partial charge in [-0.25, -0.2) is 4.68 Å². The molecule has 9 heteroatoms. The van der Waals surface area contributed by atoms with E-state index in [2.05, 4.69) is 16.9 Å². The molecule has 1 atom stereocenters. The summed E-state index contributed by atoms with van der Waals surface area (Å²) in [5.41, 5.74) is 2.07. The second-order valence-electron chi connectivity index (χ2n) is 6.38. The van der Waals surface area contributed by atoms with Gasteiger partial charge in [0.25, 0.3) is 5.69 Å². The van der Waals surface area contributed by atoms with Crippen LogP contribution in [0.1, 0.15) is 12.5 Å². The summed E-state index contributed by atoms with van der Waals surface area (Å²) >= 11 is 5.52. The van der Waals surface area contributed by atoms with Crippen LogP contribution in [0.4, 0.5) is 11.4 Å². The molecule has 0 aliphatic carbocycles. The number of nitrogens with zero attached hydrogens (tertiary/aromatic N) is 5. The minimum Gasteiger partial charge on any atom is -0.461 e. The van der Waals surface area contributed by atoms with Crippen molar-refractivity contribution >= 4 is 23.6 Å². The molecule has 26 heavy (non-hydrogen) atoms. The van der Waals surface area contributed by atoms with Crippen LogP contribution >= 0.6 is 12.2 Å². The smallest absolute Gasteiger partial charge is 0.269 e. The number of aromatic nitrogens is 3. The van der Waals surface area contributed by atoms with Crippen LogP contribution in [0.3, 0.4) is 0 Å². The summed E-state index contributed by atoms with van der Waals surface area (Å²) in [5.74, 6) is 1.32. The first kappa shape index (κ1) is 16.5. The zero-order valence-corrected chi connectivity index (χ0v) is 15.1. The largest absolute Gasteiger partial charge is 0.461 e. The van der Waals surface area contributed by atoms with Gasteiger partial charge < -0.3 is 13.9 Å². The van der Waals surface area contributed by atoms with Gasteiger partial charge in [0.1, 0.15) is 6.67 Å². The predicted molar refractivity (Wildman–Crippen MR) is 98.5 cm³/mol. The Bertz CT molecular complexity index is 1040. The van der Waals surface area contributed by atoms with E-state index in [4.69, 9.17) is 16.6 Å². The van der Waals surface area contributed by atoms with Gasteiger partial charge in [-0.05, 0) is 49.3 Å². The summed E-state index contributed by atoms with van der Waals surface area (Å²) in [6.07, 6.45) is 2.35. The summed E-state index contributed by atoms with van der Waals surface area (Å²) in [6, 6.07) is 8.84. The molecular formula is C17H17N5O3S. The average molecular weight is 371 g/mol. The zero-order chi connectivity index (χ0) is 18.4. The van der Waals surface area contributed by atoms with Crippen LogP contribution in [-0.2, 0) is 20.1 Å². The van der Waals surface area contributed by atoms with Crippen LogP contribution in [0, 0.1) is 14.9 Å². The third-order valence-electron chi connectivity index (χ3n) is 4.70. The first-order valence-corrected chi connectivity index (χ1v) is 8.58. The number of nitro groups is 1. The molecule has 0 saturated carbocycles. The van der Waals surface area contributed by atoms with Gasteiger partial charge in [0.15, 0.2) is 16.4 Å². The maximum atomic E-state index is 11.0. The summed E-state index contributed by atoms with van der Waals surface area (Å²) in [7, 11) is 1.86. The standard InChI is InChI=1S/C17H17N5O3S/c1-11-8-12-9-13(22(23)24)5-6-14(12)20(11)10-21-17(26)19(2)16(18-21)15-4-3-7-25-15/h3-7,9,11H,8,10H2,1-2H3/t11-/m0/s1. The van der Waals surface area contributed by atoms with Gasteiger partial charge in [0, 0.05) is 30.9 Å². The Labute approximate surface area is 154 Å². The van der Waals surface area contributed by atoms with Gasteiger partial charge in [0.2, 0.25) is 0 Å². The Morgan fingerprint density at radius 2 is 2.23 bits per heavy atom. The second-order valence-corrected chi connectivity index (χ2v) is 6.74. The lowest BCUT2D eigenvalue weighted by Crippen LogP contribution is -2.32. The molecule has 0 saturated heterocycles. The van der Waals surface area contributed by atoms with Crippen molar-refractivity contribution in [3.05, 3.63) is 57.0 Å². The number of furan rings is 1. The highest BCUT2D eigenvalue weighted by Gasteiger charge is 2.28. The maximum absolute atomic E-state index is 11.0. The van der Waals surface area contributed by atoms with Crippen molar-refractivity contribution in [3.63, 3.8) is 0 Å². The summed E-state index contributed by atoms with van der Waals surface area (Å²) in [6.45, 7) is 2.56. The van der Waals surface area contributed by atoms with Crippen molar-refractivity contribution in [2.75, 3.05) is 4.90 Å². The molecule has 2 aromatic heterocycles. The fourth-order valence-electron chi connectivity index (χ4n) is 3.36. The molecule has 8 nitrogen and oxygen atoms in total. The van der Waals surface area contributed by atoms with Crippen molar-refractivity contribution in [2.24, 2.45) is 7.05 Å². The number of hydrogen-bond donors (Lipinski definition) is 0. The normalized spacial score (nSPS) is 16.1. The lowest BCUT2D eigenvalue weighted by molar-refractivity contribution is -0.384. The monoisotopic (exact) mass is 371 g/mol. The molecule has 0 amide bonds. The first-order chi connectivity index (χ1) is 12.5. The van der Waals surface area contributed by atoms with E-state index in [1.54, 1.807) is 23.1 Å². The van der Waals surface area contributed by atoms with Crippen LogP contribution in [-0.4, -0.2) is 25.3 Å². The highest BCUT2D eigenvalue weighted by Crippen LogP contribution is 2.35. The Morgan fingerprint density at radius 3 is 2.92 bits per heavy atom. The molecule has 3 aromatic rings. The number of benzene rings is 1. The van der Waals surface area contributed by atoms with Crippen molar-refractivity contribution in [1.82, 2.24) is 14.3 Å². The summed E-state index contributed by atoms with van der Waals surface area (Å²) < 4.78 is 9.57. The number of rotatable bonds is 4. The number of hydrogen-bond acceptors (Lipinski definition) is 6. The fourth-order valence-corrected chi connectivity index (χ4v) is 3.54. The number of anilines is 1. The van der Waals surface area contributed by atoms with Gasteiger partial charge in [-0.3, -0.25) is 10.1 Å². The van der Waals surface area contributed by atoms with E-state index in [0.29, 0.717) is 23.0 Å². The van der Waals surface area contributed by atoms with Crippen molar-refractivity contribution in [2.45, 2.75) is 26.1 Å². The minimum absolute atomic E-state index is 0.118. The third-order valence-corrected chi connectivity index (χ3v) is 5.18. The van der Waals surface area contributed by atoms with E-state index in [1.165, 1.54) is 6.07 Å². The Morgan fingerprint density at radius 1 is 1.42 bits per heavy atom. The van der Waals surface area contributed by atoms with Crippen molar-refractivity contribution in [3.8, 4) is 11.6 Å². The van der Waals surface area contributed by atoms with E-state index in [9.17, 15) is 10.1 Å². The maximum Gasteiger partial charge on any atom is 0.269 e. The molecule has 1 aliphatic heterocycles. The van der Waals surface area contributed by atoms with Gasteiger partial charge in [-0.1, -0.05) is 0 Å². The first-order valence-electron chi connectivity index (χ1n) is 8.17. The molecule has 4 rings (SSSR count). The van der Waals surface area contributed by atoms with Gasteiger partial charge in [-0.15, -0.1) is 5.10 Å². The Balaban J connectivity index is 1.68. The van der Waals surface area contributed by atoms with Crippen LogP contribution in [0.15, 0.2) is 41.0 Å². The molecule has 0 fully saturated rings. The third kappa shape index (κ3) is 2.60. The Hall–Kier alpha value is -2.94. The minimum atomic E-state index is -0.363. The van der Waals surface area contributed by atoms with Crippen LogP contribution in [0.2, 0.25) is 0 Å². The molecular weight excluding hydrogens is 354 g/mol. The molecule has 0 unspecified atom stereocenters. The van der Waals surface area contributed by atoms with E-state index in [0.717, 1.165) is 17.7 Å². The summed E-state index contributed by atoms with van der Waals surface area (Å²) in [4.78, 5) is 12.8. The van der Waals surface area contributed by atoms with E-state index >= 15 is 0 Å². The van der Waals surface area contributed by atoms with E-state index in [-0.39, 0.29) is 16.7 Å². The number of non-ortho nitro benzene ring substituents is 1. The fraction of sp³-hybridized carbons (Fsp3) is 0.294. The predicted octanol–water partition coefficient (Wildman–Crippen LogP) is 3.53. The van der Waals surface area contributed by atoms with Crippen molar-refractivity contribution in [1.29, 1.82) is 0 Å². The van der Waals surface area contributed by atoms with Crippen LogP contribution < -0.4 is 4.90 Å². The van der Waals surface area contributed by atoms with Crippen molar-refractivity contribution < 1.29 is 9.34 Å². The number of nitro benzene ring substituents is 1. The quantitative estimate of drug-likeness (QED) is 0.396. The van der Waals surface area contributed by atoms with Crippen LogP contribution in [0.25, 0.3) is 11.6 Å². The highest BCUT2D eigenvalue weighted by atomic mass is 32.1. The molecule has 1 aromatic carbocycles. The second kappa shape index (κ2) is 6.10. The average Bonchev–Trinajstić information content (AvgIpc) is 3.30. The molecule has 0 N–H and O–H groups in total. The molecule has 134 valence electrons. The highest BCUT2D eigenvalue weighted by molar-refractivity contribution is 7.71. The topological polar surface area (TPSA) is 82.3 Å². The van der Waals surface area contributed by atoms with E-state index in [1.807, 2.05) is 23.7 Å². The molecule has 1 aliphatic rings. The van der Waals surface area contributed by atoms with E-state index < -0.39 is 0 Å². The molecule has 0 bridgehead atoms. The SMILES string of the molecule is C[C@H]1Cc2cc([N+](=O)[O-])ccc2N1Cn1nc(-c2ccco2)n(C)c1=S. The summed E-state index contributed by atoms with van der Waals surface area (Å²) in [5, 5.41) is 15.6. The van der Waals surface area contributed by atoms with Gasteiger partial charge in [0.05, 0.1) is 11.2 Å². The molecule has 0 spiro atoms. The lowest BCUT2D eigenvalue weighted by Gasteiger charge is -2.24. The zero-order valence-electron chi connectivity index (χ0n) is 14.3. The van der Waals surface area contributed by atoms with Crippen LogP contribution in [0.5, 0.6) is 0 Å². The molecule has 0 radical (unpaired) electrons. The lowest BCUT2D eigenvalue weighted by atomic mass is 10.1. The van der Waals surface area contributed by atoms with Gasteiger partial charge >= 0.3 is 0 Å². The molecule has 3 heterocycles. The number of fused-ring (bicyclic) bond motifs is 1. The Kier molecular flexibility index (Phi) is 3.87.